The van der Waals surface area contributed by atoms with Crippen molar-refractivity contribution in [1.82, 2.24) is 24.7 Å². The quantitative estimate of drug-likeness (QED) is 0.372. The highest BCUT2D eigenvalue weighted by atomic mass is 35.5. The molecule has 2 aliphatic heterocycles. The topological polar surface area (TPSA) is 78.4 Å². The van der Waals surface area contributed by atoms with E-state index in [2.05, 4.69) is 19.8 Å². The number of nitrogens with one attached hydrogen (secondary N) is 1. The maximum atomic E-state index is 13.5. The van der Waals surface area contributed by atoms with Gasteiger partial charge in [-0.15, -0.1) is 5.10 Å². The third-order valence-corrected chi connectivity index (χ3v) is 10.0. The Labute approximate surface area is 251 Å². The molecule has 2 amide bonds. The van der Waals surface area contributed by atoms with Crippen LogP contribution in [0.1, 0.15) is 81.2 Å². The van der Waals surface area contributed by atoms with Gasteiger partial charge >= 0.3 is 6.18 Å². The second kappa shape index (κ2) is 11.6. The van der Waals surface area contributed by atoms with E-state index in [0.29, 0.717) is 31.5 Å². The van der Waals surface area contributed by atoms with Crippen molar-refractivity contribution in [2.75, 3.05) is 26.2 Å². The van der Waals surface area contributed by atoms with Gasteiger partial charge in [0, 0.05) is 30.6 Å². The number of amides is 2. The summed E-state index contributed by atoms with van der Waals surface area (Å²) in [4.78, 5) is 30.9. The molecular formula is C30H31ClF3N5O2S. The summed E-state index contributed by atoms with van der Waals surface area (Å²) in [6.07, 6.45) is 0.898. The van der Waals surface area contributed by atoms with Crippen LogP contribution in [0.3, 0.4) is 0 Å². The van der Waals surface area contributed by atoms with Crippen molar-refractivity contribution < 1.29 is 22.8 Å². The molecule has 6 rings (SSSR count). The summed E-state index contributed by atoms with van der Waals surface area (Å²) < 4.78 is 43.6. The average molecular weight is 618 g/mol. The summed E-state index contributed by atoms with van der Waals surface area (Å²) in [5.74, 6) is -0.699. The van der Waals surface area contributed by atoms with Gasteiger partial charge in [0.15, 0.2) is 0 Å². The monoisotopic (exact) mass is 617 g/mol. The molecule has 12 heteroatoms. The third-order valence-electron chi connectivity index (χ3n) is 9.13. The van der Waals surface area contributed by atoms with Gasteiger partial charge in [-0.1, -0.05) is 22.2 Å². The molecule has 1 N–H and O–H groups in total. The Bertz CT molecular complexity index is 1460. The number of benzene rings is 2. The van der Waals surface area contributed by atoms with Gasteiger partial charge in [0.25, 0.3) is 11.8 Å². The van der Waals surface area contributed by atoms with Crippen LogP contribution < -0.4 is 5.32 Å². The van der Waals surface area contributed by atoms with Gasteiger partial charge in [-0.25, -0.2) is 0 Å². The number of fused-ring (bicyclic) bond motifs is 1. The molecule has 1 unspecified atom stereocenters. The van der Waals surface area contributed by atoms with Crippen LogP contribution in [-0.2, 0) is 19.1 Å². The van der Waals surface area contributed by atoms with Crippen LogP contribution in [-0.4, -0.2) is 57.4 Å². The number of piperidine rings is 2. The first-order valence-corrected chi connectivity index (χ1v) is 15.4. The predicted molar refractivity (Wildman–Crippen MR) is 153 cm³/mol. The molecule has 3 aromatic rings. The number of hydrogen-bond donors (Lipinski definition) is 1. The number of likely N-dealkylation sites (tertiary alicyclic amines) is 2. The average Bonchev–Trinajstić information content (AvgIpc) is 3.64. The van der Waals surface area contributed by atoms with Crippen molar-refractivity contribution in [1.29, 1.82) is 0 Å². The van der Waals surface area contributed by atoms with Gasteiger partial charge in [-0.05, 0) is 110 Å². The molecule has 42 heavy (non-hydrogen) atoms. The molecule has 3 aliphatic rings. The van der Waals surface area contributed by atoms with E-state index in [-0.39, 0.29) is 21.9 Å². The van der Waals surface area contributed by atoms with E-state index >= 15 is 0 Å². The van der Waals surface area contributed by atoms with Crippen molar-refractivity contribution in [3.63, 3.8) is 0 Å². The van der Waals surface area contributed by atoms with E-state index in [4.69, 9.17) is 11.6 Å². The lowest BCUT2D eigenvalue weighted by molar-refractivity contribution is -0.137. The Morgan fingerprint density at radius 1 is 1.05 bits per heavy atom. The van der Waals surface area contributed by atoms with Crippen LogP contribution >= 0.6 is 23.1 Å². The molecule has 7 nitrogen and oxygen atoms in total. The minimum atomic E-state index is -4.58. The molecule has 222 valence electrons. The van der Waals surface area contributed by atoms with Gasteiger partial charge < -0.3 is 10.2 Å². The first kappa shape index (κ1) is 29.1. The lowest BCUT2D eigenvalue weighted by atomic mass is 9.71. The molecule has 3 heterocycles. The van der Waals surface area contributed by atoms with E-state index in [9.17, 15) is 22.8 Å². The number of rotatable bonds is 5. The molecule has 2 fully saturated rings. The van der Waals surface area contributed by atoms with Gasteiger partial charge in [0.1, 0.15) is 0 Å². The van der Waals surface area contributed by atoms with Crippen LogP contribution in [0.15, 0.2) is 41.8 Å². The van der Waals surface area contributed by atoms with Crippen LogP contribution in [0.2, 0.25) is 5.02 Å². The normalized spacial score (nSPS) is 20.5. The third kappa shape index (κ3) is 6.05. The van der Waals surface area contributed by atoms with Gasteiger partial charge in [-0.3, -0.25) is 14.5 Å². The zero-order valence-corrected chi connectivity index (χ0v) is 24.5. The van der Waals surface area contributed by atoms with Crippen molar-refractivity contribution in [2.45, 2.75) is 57.3 Å². The molecule has 1 aromatic heterocycles. The van der Waals surface area contributed by atoms with Crippen molar-refractivity contribution >= 4 is 34.9 Å². The highest BCUT2D eigenvalue weighted by molar-refractivity contribution is 7.03. The fraction of sp³-hybridized carbons (Fsp3) is 0.467. The standard InChI is InChI=1S/C30H31ClF3N5O2S/c31-25-5-4-21(30(32,33)34)16-24(25)27(40)35-26-6-3-19-1-2-20(15-23(19)26)28(41)39-13-9-29(10-14-39)7-11-38(12-8-29)17-22-18-42-37-36-22/h1-2,4-5,15-16,18,26H,3,6-14,17H2,(H,35,40). The van der Waals surface area contributed by atoms with E-state index in [1.165, 1.54) is 11.5 Å². The Morgan fingerprint density at radius 2 is 1.79 bits per heavy atom. The first-order chi connectivity index (χ1) is 20.1. The SMILES string of the molecule is O=C(NC1CCc2ccc(C(=O)N3CCC4(CCN(Cc5csnn5)CC4)CC3)cc21)c1cc(C(F)(F)F)ccc1Cl. The van der Waals surface area contributed by atoms with Crippen LogP contribution in [0, 0.1) is 5.41 Å². The van der Waals surface area contributed by atoms with E-state index in [1.807, 2.05) is 28.5 Å². The molecule has 0 bridgehead atoms. The van der Waals surface area contributed by atoms with Crippen LogP contribution in [0.4, 0.5) is 13.2 Å². The number of aryl methyl sites for hydroxylation is 1. The van der Waals surface area contributed by atoms with E-state index in [0.717, 1.165) is 80.3 Å². The zero-order valence-electron chi connectivity index (χ0n) is 22.9. The molecular weight excluding hydrogens is 587 g/mol. The number of carbonyl (C=O) groups is 2. The van der Waals surface area contributed by atoms with Crippen molar-refractivity contribution in [2.24, 2.45) is 5.41 Å². The van der Waals surface area contributed by atoms with Crippen LogP contribution in [0.25, 0.3) is 0 Å². The Morgan fingerprint density at radius 3 is 2.48 bits per heavy atom. The molecule has 0 radical (unpaired) electrons. The highest BCUT2D eigenvalue weighted by Gasteiger charge is 2.39. The number of alkyl halides is 3. The van der Waals surface area contributed by atoms with Crippen LogP contribution in [0.5, 0.6) is 0 Å². The first-order valence-electron chi connectivity index (χ1n) is 14.2. The highest BCUT2D eigenvalue weighted by Crippen LogP contribution is 2.42. The number of nitrogens with zero attached hydrogens (tertiary/aromatic N) is 4. The summed E-state index contributed by atoms with van der Waals surface area (Å²) in [5, 5.41) is 8.95. The lowest BCUT2D eigenvalue weighted by Crippen LogP contribution is -2.48. The summed E-state index contributed by atoms with van der Waals surface area (Å²) in [5.41, 5.74) is 2.55. The minimum absolute atomic E-state index is 0.0287. The summed E-state index contributed by atoms with van der Waals surface area (Å²) in [7, 11) is 0. The Balaban J connectivity index is 1.08. The van der Waals surface area contributed by atoms with E-state index in [1.54, 1.807) is 0 Å². The van der Waals surface area contributed by atoms with E-state index < -0.39 is 23.7 Å². The predicted octanol–water partition coefficient (Wildman–Crippen LogP) is 6.15. The second-order valence-electron chi connectivity index (χ2n) is 11.6. The summed E-state index contributed by atoms with van der Waals surface area (Å²) >= 11 is 7.46. The minimum Gasteiger partial charge on any atom is -0.345 e. The number of carbonyl (C=O) groups excluding carboxylic acids is 2. The second-order valence-corrected chi connectivity index (χ2v) is 12.7. The van der Waals surface area contributed by atoms with Crippen molar-refractivity contribution in [3.05, 3.63) is 80.3 Å². The Hall–Kier alpha value is -3.02. The molecule has 1 aliphatic carbocycles. The molecule has 0 saturated carbocycles. The van der Waals surface area contributed by atoms with Gasteiger partial charge in [0.2, 0.25) is 0 Å². The molecule has 1 atom stereocenters. The smallest absolute Gasteiger partial charge is 0.345 e. The Kier molecular flexibility index (Phi) is 8.01. The molecule has 2 aromatic carbocycles. The fourth-order valence-corrected chi connectivity index (χ4v) is 7.18. The van der Waals surface area contributed by atoms with Gasteiger partial charge in [0.05, 0.1) is 27.9 Å². The zero-order chi connectivity index (χ0) is 29.5. The fourth-order valence-electron chi connectivity index (χ4n) is 6.53. The van der Waals surface area contributed by atoms with Crippen molar-refractivity contribution in [3.8, 4) is 0 Å². The molecule has 2 saturated heterocycles. The largest absolute Gasteiger partial charge is 0.416 e. The summed E-state index contributed by atoms with van der Waals surface area (Å²) in [6.45, 7) is 4.30. The number of halogens is 4. The number of hydrogen-bond acceptors (Lipinski definition) is 6. The van der Waals surface area contributed by atoms with Gasteiger partial charge in [-0.2, -0.15) is 13.2 Å². The maximum absolute atomic E-state index is 13.5. The molecule has 1 spiro atoms. The maximum Gasteiger partial charge on any atom is 0.416 e. The summed E-state index contributed by atoms with van der Waals surface area (Å²) in [6, 6.07) is 7.90. The number of aromatic nitrogens is 2. The lowest BCUT2D eigenvalue weighted by Gasteiger charge is -2.46.